The highest BCUT2D eigenvalue weighted by Crippen LogP contribution is 2.49. The van der Waals surface area contributed by atoms with Crippen LogP contribution in [0.25, 0.3) is 0 Å². The molecular formula is C8H15O3P. The van der Waals surface area contributed by atoms with Crippen LogP contribution in [0.5, 0.6) is 0 Å². The maximum atomic E-state index is 8.58. The van der Waals surface area contributed by atoms with Crippen molar-refractivity contribution in [3.05, 3.63) is 0 Å². The van der Waals surface area contributed by atoms with Gasteiger partial charge in [-0.2, -0.15) is 0 Å². The van der Waals surface area contributed by atoms with E-state index < -0.39 is 8.60 Å². The van der Waals surface area contributed by atoms with E-state index in [4.69, 9.17) is 14.3 Å². The SMILES string of the molecule is OP(O)OCC1CC2CCC1C2. The van der Waals surface area contributed by atoms with Gasteiger partial charge in [0.05, 0.1) is 6.61 Å². The molecule has 2 aliphatic carbocycles. The van der Waals surface area contributed by atoms with Crippen LogP contribution in [0.3, 0.4) is 0 Å². The van der Waals surface area contributed by atoms with Crippen molar-refractivity contribution in [3.8, 4) is 0 Å². The van der Waals surface area contributed by atoms with Gasteiger partial charge in [-0.3, -0.25) is 0 Å². The second-order valence-electron chi connectivity index (χ2n) is 3.98. The first kappa shape index (κ1) is 8.89. The lowest BCUT2D eigenvalue weighted by molar-refractivity contribution is 0.173. The Morgan fingerprint density at radius 2 is 2.08 bits per heavy atom. The van der Waals surface area contributed by atoms with Crippen molar-refractivity contribution < 1.29 is 14.3 Å². The zero-order valence-electron chi connectivity index (χ0n) is 7.02. The van der Waals surface area contributed by atoms with E-state index in [1.807, 2.05) is 0 Å². The van der Waals surface area contributed by atoms with Gasteiger partial charge in [0.2, 0.25) is 0 Å². The average Bonchev–Trinajstić information content (AvgIpc) is 2.60. The van der Waals surface area contributed by atoms with E-state index >= 15 is 0 Å². The minimum atomic E-state index is -2.13. The van der Waals surface area contributed by atoms with Crippen LogP contribution in [0.4, 0.5) is 0 Å². The fourth-order valence-electron chi connectivity index (χ4n) is 2.74. The molecule has 2 rings (SSSR count). The smallest absolute Gasteiger partial charge is 0.327 e. The van der Waals surface area contributed by atoms with Crippen LogP contribution in [0.15, 0.2) is 0 Å². The van der Waals surface area contributed by atoms with Gasteiger partial charge in [0.1, 0.15) is 0 Å². The molecule has 2 fully saturated rings. The Balaban J connectivity index is 1.76. The third kappa shape index (κ3) is 1.80. The van der Waals surface area contributed by atoms with Crippen molar-refractivity contribution in [2.24, 2.45) is 17.8 Å². The molecule has 0 spiro atoms. The molecule has 3 atom stereocenters. The van der Waals surface area contributed by atoms with Gasteiger partial charge in [0.25, 0.3) is 0 Å². The fraction of sp³-hybridized carbons (Fsp3) is 1.00. The van der Waals surface area contributed by atoms with E-state index in [0.717, 1.165) is 11.8 Å². The maximum Gasteiger partial charge on any atom is 0.327 e. The third-order valence-electron chi connectivity index (χ3n) is 3.29. The second-order valence-corrected chi connectivity index (χ2v) is 4.75. The Morgan fingerprint density at radius 1 is 1.25 bits per heavy atom. The predicted molar refractivity (Wildman–Crippen MR) is 46.2 cm³/mol. The van der Waals surface area contributed by atoms with Crippen LogP contribution in [0, 0.1) is 17.8 Å². The monoisotopic (exact) mass is 190 g/mol. The average molecular weight is 190 g/mol. The predicted octanol–water partition coefficient (Wildman–Crippen LogP) is 1.65. The summed E-state index contributed by atoms with van der Waals surface area (Å²) in [6, 6.07) is 0. The molecule has 0 radical (unpaired) electrons. The zero-order valence-corrected chi connectivity index (χ0v) is 7.91. The van der Waals surface area contributed by atoms with Crippen LogP contribution < -0.4 is 0 Å². The Kier molecular flexibility index (Phi) is 2.66. The van der Waals surface area contributed by atoms with Crippen LogP contribution in [-0.2, 0) is 4.52 Å². The quantitative estimate of drug-likeness (QED) is 0.665. The topological polar surface area (TPSA) is 49.7 Å². The summed E-state index contributed by atoms with van der Waals surface area (Å²) < 4.78 is 4.85. The lowest BCUT2D eigenvalue weighted by Crippen LogP contribution is -2.15. The van der Waals surface area contributed by atoms with E-state index in [0.29, 0.717) is 12.5 Å². The molecule has 2 bridgehead atoms. The van der Waals surface area contributed by atoms with Crippen LogP contribution in [0.1, 0.15) is 25.7 Å². The molecule has 0 aromatic heterocycles. The molecule has 0 heterocycles. The molecule has 0 amide bonds. The van der Waals surface area contributed by atoms with Gasteiger partial charge in [-0.25, -0.2) is 0 Å². The van der Waals surface area contributed by atoms with E-state index in [9.17, 15) is 0 Å². The lowest BCUT2D eigenvalue weighted by Gasteiger charge is -2.21. The Bertz CT molecular complexity index is 162. The van der Waals surface area contributed by atoms with Gasteiger partial charge in [-0.05, 0) is 37.0 Å². The Labute approximate surface area is 73.7 Å². The molecule has 3 nitrogen and oxygen atoms in total. The lowest BCUT2D eigenvalue weighted by atomic mass is 9.90. The summed E-state index contributed by atoms with van der Waals surface area (Å²) in [7, 11) is -2.13. The van der Waals surface area contributed by atoms with Gasteiger partial charge in [-0.1, -0.05) is 6.42 Å². The Hall–Kier alpha value is 0.310. The van der Waals surface area contributed by atoms with Crippen LogP contribution in [-0.4, -0.2) is 16.4 Å². The summed E-state index contributed by atoms with van der Waals surface area (Å²) in [4.78, 5) is 17.2. The van der Waals surface area contributed by atoms with Gasteiger partial charge in [0, 0.05) is 0 Å². The normalized spacial score (nSPS) is 39.8. The zero-order chi connectivity index (χ0) is 8.55. The number of rotatable bonds is 3. The molecule has 3 unspecified atom stereocenters. The highest BCUT2D eigenvalue weighted by Gasteiger charge is 2.39. The summed E-state index contributed by atoms with van der Waals surface area (Å²) in [5.41, 5.74) is 0. The molecule has 4 heteroatoms. The first-order chi connectivity index (χ1) is 5.75. The van der Waals surface area contributed by atoms with E-state index in [-0.39, 0.29) is 0 Å². The van der Waals surface area contributed by atoms with Crippen LogP contribution >= 0.6 is 8.60 Å². The largest absolute Gasteiger partial charge is 0.328 e. The van der Waals surface area contributed by atoms with E-state index in [1.54, 1.807) is 0 Å². The first-order valence-electron chi connectivity index (χ1n) is 4.56. The van der Waals surface area contributed by atoms with Crippen LogP contribution in [0.2, 0.25) is 0 Å². The molecule has 0 aliphatic heterocycles. The van der Waals surface area contributed by atoms with Crippen molar-refractivity contribution >= 4 is 8.60 Å². The minimum Gasteiger partial charge on any atom is -0.328 e. The highest BCUT2D eigenvalue weighted by molar-refractivity contribution is 7.39. The number of hydrogen-bond acceptors (Lipinski definition) is 3. The minimum absolute atomic E-state index is 0.555. The maximum absolute atomic E-state index is 8.58. The molecule has 0 aromatic carbocycles. The third-order valence-corrected chi connectivity index (χ3v) is 3.67. The van der Waals surface area contributed by atoms with Gasteiger partial charge >= 0.3 is 8.60 Å². The molecule has 2 N–H and O–H groups in total. The molecule has 70 valence electrons. The summed E-state index contributed by atoms with van der Waals surface area (Å²) in [5, 5.41) is 0. The summed E-state index contributed by atoms with van der Waals surface area (Å²) in [6.45, 7) is 0.555. The first-order valence-corrected chi connectivity index (χ1v) is 5.73. The van der Waals surface area contributed by atoms with Crippen molar-refractivity contribution in [1.82, 2.24) is 0 Å². The van der Waals surface area contributed by atoms with Gasteiger partial charge < -0.3 is 14.3 Å². The molecule has 0 saturated heterocycles. The highest BCUT2D eigenvalue weighted by atomic mass is 31.2. The number of fused-ring (bicyclic) bond motifs is 2. The fourth-order valence-corrected chi connectivity index (χ4v) is 3.07. The second kappa shape index (κ2) is 3.59. The van der Waals surface area contributed by atoms with Gasteiger partial charge in [-0.15, -0.1) is 0 Å². The molecule has 12 heavy (non-hydrogen) atoms. The van der Waals surface area contributed by atoms with Crippen molar-refractivity contribution in [1.29, 1.82) is 0 Å². The Morgan fingerprint density at radius 3 is 2.58 bits per heavy atom. The van der Waals surface area contributed by atoms with E-state index in [2.05, 4.69) is 0 Å². The summed E-state index contributed by atoms with van der Waals surface area (Å²) >= 11 is 0. The van der Waals surface area contributed by atoms with Crippen molar-refractivity contribution in [2.45, 2.75) is 25.7 Å². The summed E-state index contributed by atoms with van der Waals surface area (Å²) in [6.07, 6.45) is 5.30. The molecule has 2 aliphatic rings. The molecular weight excluding hydrogens is 175 g/mol. The summed E-state index contributed by atoms with van der Waals surface area (Å²) in [5.74, 6) is 2.32. The number of hydrogen-bond donors (Lipinski definition) is 2. The van der Waals surface area contributed by atoms with Crippen molar-refractivity contribution in [3.63, 3.8) is 0 Å². The molecule has 0 aromatic rings. The van der Waals surface area contributed by atoms with Gasteiger partial charge in [0.15, 0.2) is 0 Å². The van der Waals surface area contributed by atoms with E-state index in [1.165, 1.54) is 25.7 Å². The standard InChI is InChI=1S/C8H15O3P/c9-12(10)11-5-8-4-6-1-2-7(8)3-6/h6-10H,1-5H2. The van der Waals surface area contributed by atoms with Crippen molar-refractivity contribution in [2.75, 3.05) is 6.61 Å². The molecule has 2 saturated carbocycles.